The van der Waals surface area contributed by atoms with Crippen molar-refractivity contribution < 1.29 is 13.2 Å². The molecule has 0 unspecified atom stereocenters. The zero-order valence-electron chi connectivity index (χ0n) is 17.1. The summed E-state index contributed by atoms with van der Waals surface area (Å²) in [4.78, 5) is 12.8. The van der Waals surface area contributed by atoms with Crippen LogP contribution in [0.5, 0.6) is 11.6 Å². The quantitative estimate of drug-likeness (QED) is 0.369. The van der Waals surface area contributed by atoms with Crippen molar-refractivity contribution in [3.63, 3.8) is 0 Å². The number of benzene rings is 1. The number of nitrogen functional groups attached to an aromatic ring is 1. The van der Waals surface area contributed by atoms with Crippen molar-refractivity contribution in [1.82, 2.24) is 19.7 Å². The summed E-state index contributed by atoms with van der Waals surface area (Å²) in [5.41, 5.74) is 8.79. The third-order valence-corrected chi connectivity index (χ3v) is 4.91. The monoisotopic (exact) mass is 443 g/mol. The molecule has 10 nitrogen and oxygen atoms in total. The topological polar surface area (TPSA) is 158 Å². The highest BCUT2D eigenvalue weighted by Crippen LogP contribution is 2.23. The summed E-state index contributed by atoms with van der Waals surface area (Å²) in [5.74, 6) is 1.81. The molecule has 0 spiro atoms. The van der Waals surface area contributed by atoms with E-state index in [1.54, 1.807) is 36.7 Å². The molecule has 3 rings (SSSR count). The van der Waals surface area contributed by atoms with Crippen LogP contribution in [0.4, 0.5) is 11.8 Å². The zero-order valence-corrected chi connectivity index (χ0v) is 17.9. The highest BCUT2D eigenvalue weighted by atomic mass is 32.2. The molecule has 11 heteroatoms. The lowest BCUT2D eigenvalue weighted by atomic mass is 10.1. The minimum Gasteiger partial charge on any atom is -0.439 e. The Hall–Kier alpha value is -3.28. The summed E-state index contributed by atoms with van der Waals surface area (Å²) in [7, 11) is -3.68. The van der Waals surface area contributed by atoms with E-state index in [-0.39, 0.29) is 6.54 Å². The molecule has 0 aliphatic carbocycles. The molecule has 3 aromatic rings. The molecule has 164 valence electrons. The number of hydrogen-bond acceptors (Lipinski definition) is 8. The molecule has 0 amide bonds. The first-order valence-electron chi connectivity index (χ1n) is 9.66. The molecule has 0 aliphatic rings. The van der Waals surface area contributed by atoms with Crippen LogP contribution >= 0.6 is 0 Å². The van der Waals surface area contributed by atoms with Crippen LogP contribution in [0.3, 0.4) is 0 Å². The van der Waals surface area contributed by atoms with Gasteiger partial charge < -0.3 is 15.8 Å². The van der Waals surface area contributed by atoms with Crippen molar-refractivity contribution in [3.05, 3.63) is 65.5 Å². The van der Waals surface area contributed by atoms with Crippen LogP contribution in [0.1, 0.15) is 23.6 Å². The number of rotatable bonds is 10. The van der Waals surface area contributed by atoms with E-state index >= 15 is 0 Å². The SMILES string of the molecule is CCc1cnc(NCc2cc(N)nc(Oc3ccc(CCNS(N)(=O)=O)cc3)c2)nc1. The maximum absolute atomic E-state index is 10.9. The fourth-order valence-corrected chi connectivity index (χ4v) is 3.12. The minimum absolute atomic E-state index is 0.219. The fraction of sp³-hybridized carbons (Fsp3) is 0.250. The highest BCUT2D eigenvalue weighted by molar-refractivity contribution is 7.87. The smallest absolute Gasteiger partial charge is 0.274 e. The minimum atomic E-state index is -3.68. The van der Waals surface area contributed by atoms with E-state index in [1.807, 2.05) is 19.1 Å². The van der Waals surface area contributed by atoms with E-state index in [0.29, 0.717) is 36.4 Å². The molecule has 0 saturated carbocycles. The lowest BCUT2D eigenvalue weighted by Gasteiger charge is -2.10. The molecule has 31 heavy (non-hydrogen) atoms. The first kappa shape index (κ1) is 22.4. The van der Waals surface area contributed by atoms with E-state index in [2.05, 4.69) is 25.0 Å². The van der Waals surface area contributed by atoms with Crippen molar-refractivity contribution >= 4 is 22.0 Å². The lowest BCUT2D eigenvalue weighted by molar-refractivity contribution is 0.463. The number of ether oxygens (including phenoxy) is 1. The first-order chi connectivity index (χ1) is 14.8. The van der Waals surface area contributed by atoms with Crippen LogP contribution in [0, 0.1) is 0 Å². The molecule has 0 atom stereocenters. The van der Waals surface area contributed by atoms with Gasteiger partial charge in [-0.05, 0) is 47.7 Å². The average molecular weight is 444 g/mol. The molecule has 0 radical (unpaired) electrons. The van der Waals surface area contributed by atoms with Gasteiger partial charge in [0.15, 0.2) is 0 Å². The lowest BCUT2D eigenvalue weighted by Crippen LogP contribution is -2.32. The predicted octanol–water partition coefficient (Wildman–Crippen LogP) is 1.76. The van der Waals surface area contributed by atoms with Crippen LogP contribution in [-0.4, -0.2) is 29.9 Å². The number of anilines is 2. The summed E-state index contributed by atoms with van der Waals surface area (Å²) in [6, 6.07) is 10.8. The van der Waals surface area contributed by atoms with Gasteiger partial charge in [0.25, 0.3) is 10.2 Å². The summed E-state index contributed by atoms with van der Waals surface area (Å²) < 4.78 is 29.9. The van der Waals surface area contributed by atoms with Crippen molar-refractivity contribution in [2.45, 2.75) is 26.3 Å². The van der Waals surface area contributed by atoms with Gasteiger partial charge in [-0.3, -0.25) is 0 Å². The Morgan fingerprint density at radius 3 is 2.39 bits per heavy atom. The number of hydrogen-bond donors (Lipinski definition) is 4. The molecule has 0 aliphatic heterocycles. The van der Waals surface area contributed by atoms with E-state index in [9.17, 15) is 8.42 Å². The molecule has 2 heterocycles. The standard InChI is InChI=1S/C20H25N7O3S/c1-2-14-11-23-20(24-12-14)25-13-16-9-18(21)27-19(10-16)30-17-5-3-15(4-6-17)7-8-26-31(22,28)29/h3-6,9-12,26H,2,7-8,13H2,1H3,(H2,21,27)(H2,22,28,29)(H,23,24,25). The van der Waals surface area contributed by atoms with Gasteiger partial charge in [-0.25, -0.2) is 19.8 Å². The van der Waals surface area contributed by atoms with Crippen LogP contribution in [-0.2, 0) is 29.6 Å². The summed E-state index contributed by atoms with van der Waals surface area (Å²) >= 11 is 0. The number of aryl methyl sites for hydroxylation is 1. The van der Waals surface area contributed by atoms with Gasteiger partial charge in [-0.1, -0.05) is 19.1 Å². The highest BCUT2D eigenvalue weighted by Gasteiger charge is 2.06. The molecule has 2 aromatic heterocycles. The Kier molecular flexibility index (Phi) is 7.34. The number of nitrogens with one attached hydrogen (secondary N) is 2. The summed E-state index contributed by atoms with van der Waals surface area (Å²) in [5, 5.41) is 8.06. The van der Waals surface area contributed by atoms with Crippen molar-refractivity contribution in [2.24, 2.45) is 5.14 Å². The van der Waals surface area contributed by atoms with Crippen molar-refractivity contribution in [2.75, 3.05) is 17.6 Å². The predicted molar refractivity (Wildman–Crippen MR) is 119 cm³/mol. The van der Waals surface area contributed by atoms with Gasteiger partial charge in [0.05, 0.1) is 0 Å². The fourth-order valence-electron chi connectivity index (χ4n) is 2.73. The molecule has 6 N–H and O–H groups in total. The maximum atomic E-state index is 10.9. The van der Waals surface area contributed by atoms with Crippen LogP contribution in [0.2, 0.25) is 0 Å². The second-order valence-electron chi connectivity index (χ2n) is 6.80. The van der Waals surface area contributed by atoms with Gasteiger partial charge in [-0.15, -0.1) is 0 Å². The van der Waals surface area contributed by atoms with Crippen LogP contribution in [0.15, 0.2) is 48.8 Å². The Bertz CT molecular complexity index is 1100. The van der Waals surface area contributed by atoms with Gasteiger partial charge in [0, 0.05) is 31.5 Å². The Balaban J connectivity index is 1.59. The van der Waals surface area contributed by atoms with E-state index in [4.69, 9.17) is 15.6 Å². The Labute approximate surface area is 181 Å². The van der Waals surface area contributed by atoms with E-state index in [0.717, 1.165) is 23.1 Å². The zero-order chi connectivity index (χ0) is 22.3. The van der Waals surface area contributed by atoms with E-state index in [1.165, 1.54) is 0 Å². The molecule has 0 fully saturated rings. The summed E-state index contributed by atoms with van der Waals surface area (Å²) in [6.07, 6.45) is 4.97. The first-order valence-corrected chi connectivity index (χ1v) is 11.2. The summed E-state index contributed by atoms with van der Waals surface area (Å²) in [6.45, 7) is 2.73. The third kappa shape index (κ3) is 7.48. The Morgan fingerprint density at radius 2 is 1.74 bits per heavy atom. The number of pyridine rings is 1. The Morgan fingerprint density at radius 1 is 1.03 bits per heavy atom. The van der Waals surface area contributed by atoms with E-state index < -0.39 is 10.2 Å². The second kappa shape index (κ2) is 10.2. The molecule has 0 bridgehead atoms. The number of aromatic nitrogens is 3. The molecular weight excluding hydrogens is 418 g/mol. The number of nitrogens with two attached hydrogens (primary N) is 2. The normalized spacial score (nSPS) is 11.3. The van der Waals surface area contributed by atoms with Crippen LogP contribution < -0.4 is 25.6 Å². The van der Waals surface area contributed by atoms with Crippen molar-refractivity contribution in [1.29, 1.82) is 0 Å². The van der Waals surface area contributed by atoms with Gasteiger partial charge in [0.1, 0.15) is 11.6 Å². The van der Waals surface area contributed by atoms with Gasteiger partial charge >= 0.3 is 0 Å². The van der Waals surface area contributed by atoms with Crippen LogP contribution in [0.25, 0.3) is 0 Å². The van der Waals surface area contributed by atoms with Gasteiger partial charge in [-0.2, -0.15) is 13.4 Å². The molecular formula is C20H25N7O3S. The average Bonchev–Trinajstić information content (AvgIpc) is 2.73. The van der Waals surface area contributed by atoms with Crippen molar-refractivity contribution in [3.8, 4) is 11.6 Å². The molecule has 1 aromatic carbocycles. The maximum Gasteiger partial charge on any atom is 0.274 e. The third-order valence-electron chi connectivity index (χ3n) is 4.31. The van der Waals surface area contributed by atoms with Gasteiger partial charge in [0.2, 0.25) is 11.8 Å². The molecule has 0 saturated heterocycles. The second-order valence-corrected chi connectivity index (χ2v) is 8.17. The number of nitrogens with zero attached hydrogens (tertiary/aromatic N) is 3. The largest absolute Gasteiger partial charge is 0.439 e.